The van der Waals surface area contributed by atoms with Crippen LogP contribution in [0.2, 0.25) is 0 Å². The second kappa shape index (κ2) is 9.09. The number of benzene rings is 2. The Bertz CT molecular complexity index is 1170. The normalized spacial score (nSPS) is 12.9. The van der Waals surface area contributed by atoms with E-state index in [1.807, 2.05) is 12.1 Å². The molecule has 2 N–H and O–H groups in total. The van der Waals surface area contributed by atoms with Gasteiger partial charge in [-0.1, -0.05) is 51.1 Å². The Morgan fingerprint density at radius 2 is 1.76 bits per heavy atom. The predicted octanol–water partition coefficient (Wildman–Crippen LogP) is 5.06. The minimum atomic E-state index is -4.50. The molecule has 1 amide bonds. The molecule has 174 valence electrons. The SMILES string of the molecule is CC(C)(C)[C@H](NC(=O)c1ccc2ccccc2c1OCc1ccc(C(F)(F)F)cn1)C(=O)O. The Morgan fingerprint density at radius 3 is 2.33 bits per heavy atom. The molecule has 0 aliphatic carbocycles. The Kier molecular flexibility index (Phi) is 6.62. The third kappa shape index (κ3) is 5.60. The molecule has 2 aromatic carbocycles. The molecule has 6 nitrogen and oxygen atoms in total. The summed E-state index contributed by atoms with van der Waals surface area (Å²) in [7, 11) is 0. The number of fused-ring (bicyclic) bond motifs is 1. The van der Waals surface area contributed by atoms with Crippen molar-refractivity contribution in [3.8, 4) is 5.75 Å². The van der Waals surface area contributed by atoms with E-state index in [1.165, 1.54) is 12.1 Å². The lowest BCUT2D eigenvalue weighted by molar-refractivity contribution is -0.142. The van der Waals surface area contributed by atoms with Crippen molar-refractivity contribution in [2.45, 2.75) is 39.6 Å². The molecule has 9 heteroatoms. The van der Waals surface area contributed by atoms with Crippen LogP contribution in [0.15, 0.2) is 54.7 Å². The van der Waals surface area contributed by atoms with Gasteiger partial charge in [0.05, 0.1) is 16.8 Å². The number of amides is 1. The fraction of sp³-hybridized carbons (Fsp3) is 0.292. The van der Waals surface area contributed by atoms with Crippen molar-refractivity contribution >= 4 is 22.6 Å². The van der Waals surface area contributed by atoms with Crippen LogP contribution in [0, 0.1) is 5.41 Å². The summed E-state index contributed by atoms with van der Waals surface area (Å²) in [6.45, 7) is 4.90. The molecular weight excluding hydrogens is 437 g/mol. The highest BCUT2D eigenvalue weighted by Crippen LogP contribution is 2.32. The summed E-state index contributed by atoms with van der Waals surface area (Å²) in [6, 6.07) is 11.3. The van der Waals surface area contributed by atoms with Gasteiger partial charge in [0, 0.05) is 11.6 Å². The Hall–Kier alpha value is -3.62. The van der Waals surface area contributed by atoms with Crippen LogP contribution in [0.3, 0.4) is 0 Å². The summed E-state index contributed by atoms with van der Waals surface area (Å²) < 4.78 is 44.2. The molecule has 1 atom stereocenters. The molecule has 3 rings (SSSR count). The van der Waals surface area contributed by atoms with Crippen LogP contribution in [-0.2, 0) is 17.6 Å². The Balaban J connectivity index is 1.94. The van der Waals surface area contributed by atoms with Gasteiger partial charge in [-0.05, 0) is 29.0 Å². The highest BCUT2D eigenvalue weighted by molar-refractivity contribution is 6.05. The number of pyridine rings is 1. The number of carboxylic acid groups (broad SMARTS) is 1. The number of hydrogen-bond donors (Lipinski definition) is 2. The first-order valence-corrected chi connectivity index (χ1v) is 10.1. The van der Waals surface area contributed by atoms with E-state index in [2.05, 4.69) is 10.3 Å². The molecule has 0 bridgehead atoms. The smallest absolute Gasteiger partial charge is 0.417 e. The second-order valence-corrected chi connectivity index (χ2v) is 8.60. The third-order valence-corrected chi connectivity index (χ3v) is 5.03. The molecule has 0 aliphatic heterocycles. The largest absolute Gasteiger partial charge is 0.486 e. The third-order valence-electron chi connectivity index (χ3n) is 5.03. The van der Waals surface area contributed by atoms with Crippen LogP contribution < -0.4 is 10.1 Å². The Morgan fingerprint density at radius 1 is 1.06 bits per heavy atom. The highest BCUT2D eigenvalue weighted by Gasteiger charge is 2.34. The number of carboxylic acids is 1. The molecule has 0 aliphatic rings. The molecule has 1 aromatic heterocycles. The summed E-state index contributed by atoms with van der Waals surface area (Å²) in [5.74, 6) is -1.63. The van der Waals surface area contributed by atoms with Gasteiger partial charge in [-0.25, -0.2) is 4.79 Å². The zero-order valence-corrected chi connectivity index (χ0v) is 18.2. The van der Waals surface area contributed by atoms with Crippen molar-refractivity contribution in [1.29, 1.82) is 0 Å². The number of carbonyl (C=O) groups excluding carboxylic acids is 1. The van der Waals surface area contributed by atoms with Crippen LogP contribution in [0.1, 0.15) is 42.4 Å². The quantitative estimate of drug-likeness (QED) is 0.537. The van der Waals surface area contributed by atoms with Gasteiger partial charge < -0.3 is 15.2 Å². The lowest BCUT2D eigenvalue weighted by Crippen LogP contribution is -2.49. The number of rotatable bonds is 6. The van der Waals surface area contributed by atoms with Gasteiger partial charge >= 0.3 is 12.1 Å². The topological polar surface area (TPSA) is 88.5 Å². The number of aliphatic carboxylic acids is 1. The predicted molar refractivity (Wildman–Crippen MR) is 116 cm³/mol. The van der Waals surface area contributed by atoms with E-state index in [4.69, 9.17) is 4.74 Å². The van der Waals surface area contributed by atoms with E-state index >= 15 is 0 Å². The first-order chi connectivity index (χ1) is 15.4. The average molecular weight is 460 g/mol. The zero-order chi connectivity index (χ0) is 24.4. The fourth-order valence-corrected chi connectivity index (χ4v) is 3.26. The molecule has 0 saturated carbocycles. The lowest BCUT2D eigenvalue weighted by atomic mass is 9.86. The first kappa shape index (κ1) is 24.0. The van der Waals surface area contributed by atoms with Crippen molar-refractivity contribution in [1.82, 2.24) is 10.3 Å². The van der Waals surface area contributed by atoms with Crippen LogP contribution in [-0.4, -0.2) is 28.0 Å². The van der Waals surface area contributed by atoms with Gasteiger partial charge in [0.25, 0.3) is 5.91 Å². The van der Waals surface area contributed by atoms with Gasteiger partial charge in [0.1, 0.15) is 18.4 Å². The van der Waals surface area contributed by atoms with E-state index in [1.54, 1.807) is 39.0 Å². The van der Waals surface area contributed by atoms with Crippen LogP contribution in [0.5, 0.6) is 5.75 Å². The number of alkyl halides is 3. The number of hydrogen-bond acceptors (Lipinski definition) is 4. The molecule has 0 spiro atoms. The average Bonchev–Trinajstić information content (AvgIpc) is 2.74. The van der Waals surface area contributed by atoms with Crippen LogP contribution in [0.4, 0.5) is 13.2 Å². The van der Waals surface area contributed by atoms with Crippen molar-refractivity contribution in [2.24, 2.45) is 5.41 Å². The van der Waals surface area contributed by atoms with Crippen LogP contribution >= 0.6 is 0 Å². The van der Waals surface area contributed by atoms with E-state index in [9.17, 15) is 27.9 Å². The zero-order valence-electron chi connectivity index (χ0n) is 18.2. The maximum Gasteiger partial charge on any atom is 0.417 e. The molecule has 0 saturated heterocycles. The van der Waals surface area contributed by atoms with Gasteiger partial charge in [0.15, 0.2) is 0 Å². The summed E-state index contributed by atoms with van der Waals surface area (Å²) in [5.41, 5.74) is -1.28. The molecule has 1 heterocycles. The van der Waals surface area contributed by atoms with E-state index in [0.717, 1.165) is 17.6 Å². The molecule has 0 radical (unpaired) electrons. The number of nitrogens with one attached hydrogen (secondary N) is 1. The summed E-state index contributed by atoms with van der Waals surface area (Å²) in [4.78, 5) is 28.5. The fourth-order valence-electron chi connectivity index (χ4n) is 3.26. The minimum Gasteiger partial charge on any atom is -0.486 e. The van der Waals surface area contributed by atoms with Crippen molar-refractivity contribution in [3.05, 3.63) is 71.5 Å². The van der Waals surface area contributed by atoms with E-state index < -0.39 is 35.1 Å². The molecule has 0 fully saturated rings. The number of nitrogens with zero attached hydrogens (tertiary/aromatic N) is 1. The van der Waals surface area contributed by atoms with Gasteiger partial charge in [-0.2, -0.15) is 13.2 Å². The van der Waals surface area contributed by atoms with Crippen LogP contribution in [0.25, 0.3) is 10.8 Å². The molecular formula is C24H23F3N2O4. The summed E-state index contributed by atoms with van der Waals surface area (Å²) in [6.07, 6.45) is -3.78. The standard InChI is InChI=1S/C24H23F3N2O4/c1-23(2,3)20(22(31)32)29-21(30)18-11-8-14-6-4-5-7-17(14)19(18)33-13-16-10-9-15(12-28-16)24(25,26)27/h4-12,20H,13H2,1-3H3,(H,29,30)(H,31,32)/t20-/m1/s1. The number of ether oxygens (including phenoxy) is 1. The number of halogens is 3. The van der Waals surface area contributed by atoms with Gasteiger partial charge in [-0.3, -0.25) is 9.78 Å². The highest BCUT2D eigenvalue weighted by atomic mass is 19.4. The maximum absolute atomic E-state index is 13.0. The van der Waals surface area contributed by atoms with Crippen molar-refractivity contribution in [2.75, 3.05) is 0 Å². The minimum absolute atomic E-state index is 0.108. The monoisotopic (exact) mass is 460 g/mol. The first-order valence-electron chi connectivity index (χ1n) is 10.1. The van der Waals surface area contributed by atoms with Gasteiger partial charge in [-0.15, -0.1) is 0 Å². The van der Waals surface area contributed by atoms with E-state index in [0.29, 0.717) is 5.39 Å². The van der Waals surface area contributed by atoms with E-state index in [-0.39, 0.29) is 23.6 Å². The molecule has 33 heavy (non-hydrogen) atoms. The molecule has 0 unspecified atom stereocenters. The lowest BCUT2D eigenvalue weighted by Gasteiger charge is -2.28. The maximum atomic E-state index is 13.0. The number of aromatic nitrogens is 1. The summed E-state index contributed by atoms with van der Waals surface area (Å²) >= 11 is 0. The number of carbonyl (C=O) groups is 2. The van der Waals surface area contributed by atoms with Crippen molar-refractivity contribution < 1.29 is 32.6 Å². The summed E-state index contributed by atoms with van der Waals surface area (Å²) in [5, 5.41) is 13.5. The Labute approximate surface area is 188 Å². The van der Waals surface area contributed by atoms with Gasteiger partial charge in [0.2, 0.25) is 0 Å². The molecule has 3 aromatic rings. The van der Waals surface area contributed by atoms with Crippen molar-refractivity contribution in [3.63, 3.8) is 0 Å². The second-order valence-electron chi connectivity index (χ2n) is 8.60.